The fourth-order valence-electron chi connectivity index (χ4n) is 3.52. The van der Waals surface area contributed by atoms with E-state index in [1.54, 1.807) is 11.3 Å². The van der Waals surface area contributed by atoms with Gasteiger partial charge in [0.25, 0.3) is 0 Å². The predicted octanol–water partition coefficient (Wildman–Crippen LogP) is 2.51. The number of aromatic nitrogens is 1. The second kappa shape index (κ2) is 5.11. The van der Waals surface area contributed by atoms with Crippen LogP contribution in [0.15, 0.2) is 0 Å². The molecule has 2 saturated heterocycles. The lowest BCUT2D eigenvalue weighted by atomic mass is 10.2. The standard InChI is InChI=1S/C15H21N3OS/c19-10-13-14(11-3-4-11)16-15(20-13)18-8-5-12(9-18)17-6-1-2-7-17/h10-12H,1-9H2. The van der Waals surface area contributed by atoms with Crippen molar-refractivity contribution in [2.45, 2.75) is 44.1 Å². The number of aldehydes is 1. The molecule has 5 heteroatoms. The Kier molecular flexibility index (Phi) is 3.27. The van der Waals surface area contributed by atoms with E-state index in [2.05, 4.69) is 9.80 Å². The molecule has 0 N–H and O–H groups in total. The molecular formula is C15H21N3OS. The van der Waals surface area contributed by atoms with E-state index >= 15 is 0 Å². The molecule has 0 aromatic carbocycles. The second-order valence-corrected chi connectivity index (χ2v) is 7.28. The molecule has 3 aliphatic rings. The van der Waals surface area contributed by atoms with Crippen LogP contribution in [0.3, 0.4) is 0 Å². The molecule has 1 aliphatic carbocycles. The van der Waals surface area contributed by atoms with Gasteiger partial charge in [0, 0.05) is 25.0 Å². The predicted molar refractivity (Wildman–Crippen MR) is 80.9 cm³/mol. The first-order valence-corrected chi connectivity index (χ1v) is 8.61. The molecule has 3 fully saturated rings. The zero-order valence-electron chi connectivity index (χ0n) is 11.8. The lowest BCUT2D eigenvalue weighted by Crippen LogP contribution is -2.35. The minimum atomic E-state index is 0.567. The first-order valence-electron chi connectivity index (χ1n) is 7.80. The van der Waals surface area contributed by atoms with E-state index in [0.29, 0.717) is 12.0 Å². The Balaban J connectivity index is 1.49. The largest absolute Gasteiger partial charge is 0.346 e. The van der Waals surface area contributed by atoms with Gasteiger partial charge in [0.2, 0.25) is 0 Å². The number of carbonyl (C=O) groups is 1. The summed E-state index contributed by atoms with van der Waals surface area (Å²) < 4.78 is 0. The molecule has 4 rings (SSSR count). The van der Waals surface area contributed by atoms with Gasteiger partial charge in [-0.2, -0.15) is 0 Å². The molecule has 1 unspecified atom stereocenters. The average Bonchev–Trinajstić information content (AvgIpc) is 2.92. The van der Waals surface area contributed by atoms with Gasteiger partial charge in [0.15, 0.2) is 11.4 Å². The molecule has 20 heavy (non-hydrogen) atoms. The van der Waals surface area contributed by atoms with Gasteiger partial charge >= 0.3 is 0 Å². The zero-order valence-corrected chi connectivity index (χ0v) is 12.6. The molecule has 1 aromatic rings. The maximum Gasteiger partial charge on any atom is 0.186 e. The molecule has 3 heterocycles. The molecule has 108 valence electrons. The highest BCUT2D eigenvalue weighted by Gasteiger charge is 2.33. The molecular weight excluding hydrogens is 270 g/mol. The summed E-state index contributed by atoms with van der Waals surface area (Å²) in [6.07, 6.45) is 7.38. The Morgan fingerprint density at radius 3 is 2.65 bits per heavy atom. The highest BCUT2D eigenvalue weighted by Crippen LogP contribution is 2.44. The van der Waals surface area contributed by atoms with Crippen LogP contribution >= 0.6 is 11.3 Å². The van der Waals surface area contributed by atoms with Gasteiger partial charge in [-0.3, -0.25) is 9.69 Å². The maximum absolute atomic E-state index is 11.2. The monoisotopic (exact) mass is 291 g/mol. The van der Waals surface area contributed by atoms with Gasteiger partial charge in [-0.05, 0) is 45.2 Å². The summed E-state index contributed by atoms with van der Waals surface area (Å²) in [6.45, 7) is 4.72. The van der Waals surface area contributed by atoms with Crippen LogP contribution in [0.4, 0.5) is 5.13 Å². The Morgan fingerprint density at radius 2 is 1.95 bits per heavy atom. The topological polar surface area (TPSA) is 36.4 Å². The summed E-state index contributed by atoms with van der Waals surface area (Å²) >= 11 is 1.60. The SMILES string of the molecule is O=Cc1sc(N2CCC(N3CCCC3)C2)nc1C1CC1. The lowest BCUT2D eigenvalue weighted by Gasteiger charge is -2.23. The number of likely N-dealkylation sites (tertiary alicyclic amines) is 1. The molecule has 4 nitrogen and oxygen atoms in total. The highest BCUT2D eigenvalue weighted by atomic mass is 32.1. The van der Waals surface area contributed by atoms with Gasteiger partial charge in [-0.1, -0.05) is 11.3 Å². The Morgan fingerprint density at radius 1 is 1.15 bits per heavy atom. The van der Waals surface area contributed by atoms with E-state index < -0.39 is 0 Å². The third-order valence-electron chi connectivity index (χ3n) is 4.83. The molecule has 2 aliphatic heterocycles. The maximum atomic E-state index is 11.2. The van der Waals surface area contributed by atoms with Crippen molar-refractivity contribution in [3.63, 3.8) is 0 Å². The summed E-state index contributed by atoms with van der Waals surface area (Å²) in [7, 11) is 0. The summed E-state index contributed by atoms with van der Waals surface area (Å²) in [5, 5.41) is 1.08. The third kappa shape index (κ3) is 2.27. The van der Waals surface area contributed by atoms with Crippen molar-refractivity contribution in [1.29, 1.82) is 0 Å². The van der Waals surface area contributed by atoms with Gasteiger partial charge < -0.3 is 4.90 Å². The van der Waals surface area contributed by atoms with Gasteiger partial charge in [-0.15, -0.1) is 0 Å². The van der Waals surface area contributed by atoms with Crippen LogP contribution in [0.5, 0.6) is 0 Å². The quantitative estimate of drug-likeness (QED) is 0.799. The molecule has 0 spiro atoms. The minimum Gasteiger partial charge on any atom is -0.346 e. The molecule has 0 radical (unpaired) electrons. The summed E-state index contributed by atoms with van der Waals surface area (Å²) in [5.74, 6) is 0.567. The van der Waals surface area contributed by atoms with Crippen molar-refractivity contribution >= 4 is 22.8 Å². The van der Waals surface area contributed by atoms with Crippen molar-refractivity contribution in [2.24, 2.45) is 0 Å². The fourth-order valence-corrected chi connectivity index (χ4v) is 4.52. The minimum absolute atomic E-state index is 0.567. The van der Waals surface area contributed by atoms with Crippen LogP contribution in [0.1, 0.15) is 53.4 Å². The fraction of sp³-hybridized carbons (Fsp3) is 0.733. The summed E-state index contributed by atoms with van der Waals surface area (Å²) in [6, 6.07) is 0.699. The average molecular weight is 291 g/mol. The molecule has 0 amide bonds. The van der Waals surface area contributed by atoms with E-state index in [0.717, 1.165) is 35.1 Å². The number of thiazole rings is 1. The smallest absolute Gasteiger partial charge is 0.186 e. The molecule has 1 aromatic heterocycles. The van der Waals surface area contributed by atoms with Gasteiger partial charge in [-0.25, -0.2) is 4.98 Å². The Hall–Kier alpha value is -0.940. The van der Waals surface area contributed by atoms with Crippen LogP contribution in [0, 0.1) is 0 Å². The van der Waals surface area contributed by atoms with Crippen LogP contribution < -0.4 is 4.90 Å². The molecule has 0 bridgehead atoms. The number of hydrogen-bond donors (Lipinski definition) is 0. The van der Waals surface area contributed by atoms with E-state index in [-0.39, 0.29) is 0 Å². The Bertz CT molecular complexity index is 505. The second-order valence-electron chi connectivity index (χ2n) is 6.27. The van der Waals surface area contributed by atoms with Crippen molar-refractivity contribution in [3.8, 4) is 0 Å². The number of rotatable bonds is 4. The number of anilines is 1. The first kappa shape index (κ1) is 12.8. The van der Waals surface area contributed by atoms with Crippen molar-refractivity contribution in [3.05, 3.63) is 10.6 Å². The number of hydrogen-bond acceptors (Lipinski definition) is 5. The van der Waals surface area contributed by atoms with E-state index in [1.165, 1.54) is 45.2 Å². The van der Waals surface area contributed by atoms with Crippen molar-refractivity contribution < 1.29 is 4.79 Å². The van der Waals surface area contributed by atoms with Crippen molar-refractivity contribution in [2.75, 3.05) is 31.1 Å². The van der Waals surface area contributed by atoms with Crippen LogP contribution in [-0.2, 0) is 0 Å². The van der Waals surface area contributed by atoms with Crippen molar-refractivity contribution in [1.82, 2.24) is 9.88 Å². The van der Waals surface area contributed by atoms with Gasteiger partial charge in [0.05, 0.1) is 10.6 Å². The van der Waals surface area contributed by atoms with Crippen LogP contribution in [0.2, 0.25) is 0 Å². The van der Waals surface area contributed by atoms with Crippen LogP contribution in [0.25, 0.3) is 0 Å². The summed E-state index contributed by atoms with van der Waals surface area (Å²) in [5.41, 5.74) is 1.07. The summed E-state index contributed by atoms with van der Waals surface area (Å²) in [4.78, 5) is 21.9. The Labute approximate surface area is 123 Å². The number of carbonyl (C=O) groups excluding carboxylic acids is 1. The normalized spacial score (nSPS) is 27.4. The zero-order chi connectivity index (χ0) is 13.5. The first-order chi connectivity index (χ1) is 9.85. The molecule has 1 saturated carbocycles. The van der Waals surface area contributed by atoms with E-state index in [1.807, 2.05) is 0 Å². The lowest BCUT2D eigenvalue weighted by molar-refractivity contribution is 0.112. The highest BCUT2D eigenvalue weighted by molar-refractivity contribution is 7.17. The van der Waals surface area contributed by atoms with Crippen LogP contribution in [-0.4, -0.2) is 48.4 Å². The van der Waals surface area contributed by atoms with Gasteiger partial charge in [0.1, 0.15) is 0 Å². The third-order valence-corrected chi connectivity index (χ3v) is 5.89. The van der Waals surface area contributed by atoms with E-state index in [9.17, 15) is 4.79 Å². The van der Waals surface area contributed by atoms with E-state index in [4.69, 9.17) is 4.98 Å². The number of nitrogens with zero attached hydrogens (tertiary/aromatic N) is 3. The molecule has 1 atom stereocenters.